The highest BCUT2D eigenvalue weighted by Gasteiger charge is 2.18. The van der Waals surface area contributed by atoms with Crippen molar-refractivity contribution >= 4 is 17.0 Å². The Hall–Kier alpha value is -2.33. The molecule has 0 radical (unpaired) electrons. The number of thiazole rings is 1. The first-order chi connectivity index (χ1) is 11.8. The number of benzene rings is 2. The van der Waals surface area contributed by atoms with Crippen LogP contribution in [0.4, 0.5) is 5.69 Å². The predicted octanol–water partition coefficient (Wildman–Crippen LogP) is 4.77. The van der Waals surface area contributed by atoms with Gasteiger partial charge in [-0.1, -0.05) is 30.3 Å². The Morgan fingerprint density at radius 3 is 2.88 bits per heavy atom. The Labute approximate surface area is 146 Å². The summed E-state index contributed by atoms with van der Waals surface area (Å²) in [6, 6.07) is 16.8. The van der Waals surface area contributed by atoms with Crippen molar-refractivity contribution in [2.45, 2.75) is 19.4 Å². The van der Waals surface area contributed by atoms with Crippen LogP contribution < -0.4 is 9.64 Å². The van der Waals surface area contributed by atoms with E-state index < -0.39 is 0 Å². The van der Waals surface area contributed by atoms with Gasteiger partial charge in [-0.15, -0.1) is 11.3 Å². The van der Waals surface area contributed by atoms with E-state index in [2.05, 4.69) is 40.6 Å². The van der Waals surface area contributed by atoms with Crippen molar-refractivity contribution in [3.63, 3.8) is 0 Å². The lowest BCUT2D eigenvalue weighted by atomic mass is 10.0. The van der Waals surface area contributed by atoms with Gasteiger partial charge >= 0.3 is 0 Å². The van der Waals surface area contributed by atoms with E-state index in [0.717, 1.165) is 35.1 Å². The number of nitrogens with zero attached hydrogens (tertiary/aromatic N) is 2. The zero-order valence-electron chi connectivity index (χ0n) is 13.7. The molecule has 0 aliphatic carbocycles. The molecule has 2 aromatic carbocycles. The average molecular weight is 336 g/mol. The molecule has 0 saturated carbocycles. The van der Waals surface area contributed by atoms with Gasteiger partial charge in [-0.25, -0.2) is 4.98 Å². The molecule has 2 heterocycles. The number of aryl methyl sites for hydroxylation is 1. The Balaban J connectivity index is 1.59. The molecule has 0 N–H and O–H groups in total. The molecular weight excluding hydrogens is 316 g/mol. The van der Waals surface area contributed by atoms with Crippen LogP contribution >= 0.6 is 11.3 Å². The van der Waals surface area contributed by atoms with E-state index in [4.69, 9.17) is 9.72 Å². The summed E-state index contributed by atoms with van der Waals surface area (Å²) in [5.74, 6) is 0.877. The molecule has 24 heavy (non-hydrogen) atoms. The summed E-state index contributed by atoms with van der Waals surface area (Å²) in [7, 11) is 1.71. The molecule has 0 atom stereocenters. The molecule has 0 fully saturated rings. The Kier molecular flexibility index (Phi) is 4.22. The van der Waals surface area contributed by atoms with Crippen molar-refractivity contribution in [1.29, 1.82) is 0 Å². The fourth-order valence-corrected chi connectivity index (χ4v) is 4.14. The van der Waals surface area contributed by atoms with Crippen molar-refractivity contribution < 1.29 is 4.74 Å². The van der Waals surface area contributed by atoms with Crippen LogP contribution in [0, 0.1) is 0 Å². The van der Waals surface area contributed by atoms with Crippen LogP contribution in [0.25, 0.3) is 10.6 Å². The second-order valence-electron chi connectivity index (χ2n) is 6.00. The summed E-state index contributed by atoms with van der Waals surface area (Å²) in [6.07, 6.45) is 2.39. The summed E-state index contributed by atoms with van der Waals surface area (Å²) < 4.78 is 5.46. The molecule has 0 saturated heterocycles. The average Bonchev–Trinajstić information content (AvgIpc) is 3.10. The number of hydrogen-bond acceptors (Lipinski definition) is 4. The number of hydrogen-bond donors (Lipinski definition) is 0. The van der Waals surface area contributed by atoms with Gasteiger partial charge in [0, 0.05) is 17.6 Å². The highest BCUT2D eigenvalue weighted by Crippen LogP contribution is 2.33. The minimum atomic E-state index is 0.864. The normalized spacial score (nSPS) is 13.6. The van der Waals surface area contributed by atoms with Gasteiger partial charge in [-0.2, -0.15) is 0 Å². The number of aromatic nitrogens is 1. The second kappa shape index (κ2) is 6.65. The third-order valence-corrected chi connectivity index (χ3v) is 5.37. The maximum Gasteiger partial charge on any atom is 0.129 e. The largest absolute Gasteiger partial charge is 0.496 e. The molecule has 1 aliphatic rings. The van der Waals surface area contributed by atoms with Gasteiger partial charge in [-0.05, 0) is 36.6 Å². The lowest BCUT2D eigenvalue weighted by Gasteiger charge is -2.30. The zero-order chi connectivity index (χ0) is 16.4. The van der Waals surface area contributed by atoms with Crippen molar-refractivity contribution in [3.8, 4) is 16.3 Å². The van der Waals surface area contributed by atoms with Crippen LogP contribution in [-0.2, 0) is 13.0 Å². The third kappa shape index (κ3) is 2.89. The van der Waals surface area contributed by atoms with E-state index in [-0.39, 0.29) is 0 Å². The molecule has 4 heteroatoms. The minimum absolute atomic E-state index is 0.864. The van der Waals surface area contributed by atoms with Crippen LogP contribution in [0.15, 0.2) is 53.9 Å². The van der Waals surface area contributed by atoms with Crippen molar-refractivity contribution in [1.82, 2.24) is 4.98 Å². The van der Waals surface area contributed by atoms with E-state index in [9.17, 15) is 0 Å². The first kappa shape index (κ1) is 15.2. The molecule has 0 bridgehead atoms. The highest BCUT2D eigenvalue weighted by molar-refractivity contribution is 7.13. The monoisotopic (exact) mass is 336 g/mol. The minimum Gasteiger partial charge on any atom is -0.496 e. The lowest BCUT2D eigenvalue weighted by molar-refractivity contribution is 0.416. The molecule has 4 rings (SSSR count). The molecule has 3 nitrogen and oxygen atoms in total. The predicted molar refractivity (Wildman–Crippen MR) is 99.9 cm³/mol. The number of methoxy groups -OCH3 is 1. The molecule has 0 amide bonds. The fourth-order valence-electron chi connectivity index (χ4n) is 3.30. The maximum absolute atomic E-state index is 5.46. The van der Waals surface area contributed by atoms with E-state index in [1.807, 2.05) is 18.2 Å². The number of para-hydroxylation sites is 2. The van der Waals surface area contributed by atoms with Crippen LogP contribution in [0.2, 0.25) is 0 Å². The van der Waals surface area contributed by atoms with Crippen molar-refractivity contribution in [2.24, 2.45) is 0 Å². The van der Waals surface area contributed by atoms with Crippen LogP contribution in [0.1, 0.15) is 17.7 Å². The van der Waals surface area contributed by atoms with E-state index >= 15 is 0 Å². The first-order valence-electron chi connectivity index (χ1n) is 8.26. The molecule has 1 aromatic heterocycles. The van der Waals surface area contributed by atoms with Gasteiger partial charge in [0.05, 0.1) is 24.9 Å². The Bertz CT molecular complexity index is 843. The standard InChI is InChI=1S/C20H20N2OS/c1-23-19-11-5-3-9-17(19)20-21-16(14-24-20)13-22-12-6-8-15-7-2-4-10-18(15)22/h2-5,7,9-11,14H,6,8,12-13H2,1H3. The van der Waals surface area contributed by atoms with Gasteiger partial charge in [0.15, 0.2) is 0 Å². The Morgan fingerprint density at radius 1 is 1.12 bits per heavy atom. The summed E-state index contributed by atoms with van der Waals surface area (Å²) in [6.45, 7) is 1.96. The summed E-state index contributed by atoms with van der Waals surface area (Å²) >= 11 is 1.68. The third-order valence-electron chi connectivity index (χ3n) is 4.45. The van der Waals surface area contributed by atoms with Gasteiger partial charge in [0.1, 0.15) is 10.8 Å². The molecule has 3 aromatic rings. The first-order valence-corrected chi connectivity index (χ1v) is 9.14. The lowest BCUT2D eigenvalue weighted by Crippen LogP contribution is -2.28. The number of anilines is 1. The maximum atomic E-state index is 5.46. The van der Waals surface area contributed by atoms with Gasteiger partial charge in [0.25, 0.3) is 0 Å². The highest BCUT2D eigenvalue weighted by atomic mass is 32.1. The molecule has 1 aliphatic heterocycles. The SMILES string of the molecule is COc1ccccc1-c1nc(CN2CCCc3ccccc32)cs1. The molecule has 0 spiro atoms. The van der Waals surface area contributed by atoms with E-state index in [0.29, 0.717) is 0 Å². The topological polar surface area (TPSA) is 25.4 Å². The van der Waals surface area contributed by atoms with E-state index in [1.54, 1.807) is 18.4 Å². The molecule has 122 valence electrons. The van der Waals surface area contributed by atoms with E-state index in [1.165, 1.54) is 24.1 Å². The summed E-state index contributed by atoms with van der Waals surface area (Å²) in [5.41, 5.74) is 4.99. The second-order valence-corrected chi connectivity index (χ2v) is 6.86. The number of fused-ring (bicyclic) bond motifs is 1. The van der Waals surface area contributed by atoms with Crippen LogP contribution in [-0.4, -0.2) is 18.6 Å². The van der Waals surface area contributed by atoms with Crippen molar-refractivity contribution in [3.05, 3.63) is 65.2 Å². The fraction of sp³-hybridized carbons (Fsp3) is 0.250. The molecular formula is C20H20N2OS. The Morgan fingerprint density at radius 2 is 1.96 bits per heavy atom. The summed E-state index contributed by atoms with van der Waals surface area (Å²) in [5, 5.41) is 3.19. The van der Waals surface area contributed by atoms with Crippen LogP contribution in [0.3, 0.4) is 0 Å². The van der Waals surface area contributed by atoms with Crippen molar-refractivity contribution in [2.75, 3.05) is 18.6 Å². The zero-order valence-corrected chi connectivity index (χ0v) is 14.6. The quantitative estimate of drug-likeness (QED) is 0.686. The molecule has 0 unspecified atom stereocenters. The number of ether oxygens (including phenoxy) is 1. The van der Waals surface area contributed by atoms with Gasteiger partial charge < -0.3 is 9.64 Å². The van der Waals surface area contributed by atoms with Gasteiger partial charge in [0.2, 0.25) is 0 Å². The number of rotatable bonds is 4. The van der Waals surface area contributed by atoms with Gasteiger partial charge in [-0.3, -0.25) is 0 Å². The van der Waals surface area contributed by atoms with Crippen LogP contribution in [0.5, 0.6) is 5.75 Å². The summed E-state index contributed by atoms with van der Waals surface area (Å²) in [4.78, 5) is 7.30. The smallest absolute Gasteiger partial charge is 0.129 e.